The van der Waals surface area contributed by atoms with Crippen LogP contribution in [0.3, 0.4) is 0 Å². The Morgan fingerprint density at radius 2 is 2.00 bits per heavy atom. The van der Waals surface area contributed by atoms with Crippen molar-refractivity contribution >= 4 is 11.8 Å². The van der Waals surface area contributed by atoms with E-state index in [-0.39, 0.29) is 24.9 Å². The van der Waals surface area contributed by atoms with E-state index in [9.17, 15) is 9.59 Å². The molecule has 2 amide bonds. The van der Waals surface area contributed by atoms with Crippen molar-refractivity contribution in [3.63, 3.8) is 0 Å². The molecule has 1 atom stereocenters. The Morgan fingerprint density at radius 3 is 2.74 bits per heavy atom. The highest BCUT2D eigenvalue weighted by Gasteiger charge is 2.32. The Bertz CT molecular complexity index is 661. The van der Waals surface area contributed by atoms with Gasteiger partial charge in [-0.2, -0.15) is 5.10 Å². The SMILES string of the molecule is O=C(Cn1ccc([C@H]2CCCNC2)n1)N1CCN(C2CCCCC2)C(=O)C1. The monoisotopic (exact) mass is 373 g/mol. The molecule has 1 aliphatic carbocycles. The van der Waals surface area contributed by atoms with E-state index in [1.807, 2.05) is 17.2 Å². The molecule has 7 nitrogen and oxygen atoms in total. The van der Waals surface area contributed by atoms with Crippen LogP contribution in [0.15, 0.2) is 12.3 Å². The zero-order valence-corrected chi connectivity index (χ0v) is 16.1. The fraction of sp³-hybridized carbons (Fsp3) is 0.750. The summed E-state index contributed by atoms with van der Waals surface area (Å²) in [6, 6.07) is 2.41. The third-order valence-electron chi connectivity index (χ3n) is 6.30. The molecular formula is C20H31N5O2. The normalized spacial score (nSPS) is 25.0. The number of hydrogen-bond acceptors (Lipinski definition) is 4. The van der Waals surface area contributed by atoms with Gasteiger partial charge in [-0.3, -0.25) is 14.3 Å². The first-order valence-electron chi connectivity index (χ1n) is 10.5. The van der Waals surface area contributed by atoms with Crippen molar-refractivity contribution < 1.29 is 9.59 Å². The molecule has 7 heteroatoms. The topological polar surface area (TPSA) is 70.5 Å². The van der Waals surface area contributed by atoms with E-state index >= 15 is 0 Å². The number of aromatic nitrogens is 2. The summed E-state index contributed by atoms with van der Waals surface area (Å²) in [5.74, 6) is 0.537. The lowest BCUT2D eigenvalue weighted by Crippen LogP contribution is -2.56. The van der Waals surface area contributed by atoms with E-state index in [4.69, 9.17) is 0 Å². The summed E-state index contributed by atoms with van der Waals surface area (Å²) in [6.45, 7) is 3.79. The van der Waals surface area contributed by atoms with Gasteiger partial charge in [0.15, 0.2) is 0 Å². The largest absolute Gasteiger partial charge is 0.336 e. The van der Waals surface area contributed by atoms with Crippen molar-refractivity contribution in [3.8, 4) is 0 Å². The number of nitrogens with zero attached hydrogens (tertiary/aromatic N) is 4. The summed E-state index contributed by atoms with van der Waals surface area (Å²) in [6.07, 6.45) is 10.2. The fourth-order valence-corrected chi connectivity index (χ4v) is 4.70. The van der Waals surface area contributed by atoms with Crippen molar-refractivity contribution in [2.75, 3.05) is 32.7 Å². The van der Waals surface area contributed by atoms with Gasteiger partial charge in [-0.1, -0.05) is 19.3 Å². The number of piperidine rings is 1. The van der Waals surface area contributed by atoms with Gasteiger partial charge in [-0.05, 0) is 38.3 Å². The zero-order valence-electron chi connectivity index (χ0n) is 16.1. The van der Waals surface area contributed by atoms with Gasteiger partial charge in [-0.15, -0.1) is 0 Å². The Morgan fingerprint density at radius 1 is 1.15 bits per heavy atom. The average molecular weight is 374 g/mol. The van der Waals surface area contributed by atoms with Gasteiger partial charge in [-0.25, -0.2) is 0 Å². The maximum Gasteiger partial charge on any atom is 0.244 e. The van der Waals surface area contributed by atoms with E-state index in [0.29, 0.717) is 25.0 Å². The summed E-state index contributed by atoms with van der Waals surface area (Å²) in [4.78, 5) is 29.0. The molecule has 3 aliphatic rings. The molecule has 1 aromatic heterocycles. The highest BCUT2D eigenvalue weighted by Crippen LogP contribution is 2.24. The number of rotatable bonds is 4. The molecule has 4 rings (SSSR count). The van der Waals surface area contributed by atoms with Crippen LogP contribution in [0.2, 0.25) is 0 Å². The molecule has 2 aliphatic heterocycles. The number of amides is 2. The van der Waals surface area contributed by atoms with Gasteiger partial charge in [0.05, 0.1) is 12.2 Å². The van der Waals surface area contributed by atoms with E-state index in [1.165, 1.54) is 25.7 Å². The molecule has 0 unspecified atom stereocenters. The molecular weight excluding hydrogens is 342 g/mol. The summed E-state index contributed by atoms with van der Waals surface area (Å²) in [7, 11) is 0. The number of carbonyl (C=O) groups excluding carboxylic acids is 2. The lowest BCUT2D eigenvalue weighted by Gasteiger charge is -2.40. The van der Waals surface area contributed by atoms with Crippen molar-refractivity contribution in [2.24, 2.45) is 0 Å². The van der Waals surface area contributed by atoms with Gasteiger partial charge in [0, 0.05) is 37.8 Å². The van der Waals surface area contributed by atoms with Crippen molar-refractivity contribution in [2.45, 2.75) is 63.5 Å². The number of piperazine rings is 1. The third-order valence-corrected chi connectivity index (χ3v) is 6.30. The van der Waals surface area contributed by atoms with Crippen LogP contribution in [-0.2, 0) is 16.1 Å². The summed E-state index contributed by atoms with van der Waals surface area (Å²) >= 11 is 0. The van der Waals surface area contributed by atoms with Crippen molar-refractivity contribution in [3.05, 3.63) is 18.0 Å². The quantitative estimate of drug-likeness (QED) is 0.865. The van der Waals surface area contributed by atoms with Gasteiger partial charge in [0.2, 0.25) is 11.8 Å². The second-order valence-corrected chi connectivity index (χ2v) is 8.18. The van der Waals surface area contributed by atoms with Crippen LogP contribution in [0.25, 0.3) is 0 Å². The second kappa shape index (κ2) is 8.42. The fourth-order valence-electron chi connectivity index (χ4n) is 4.70. The molecule has 3 fully saturated rings. The van der Waals surface area contributed by atoms with E-state index < -0.39 is 0 Å². The van der Waals surface area contributed by atoms with Gasteiger partial charge >= 0.3 is 0 Å². The van der Waals surface area contributed by atoms with E-state index in [2.05, 4.69) is 10.4 Å². The maximum absolute atomic E-state index is 12.7. The minimum absolute atomic E-state index is 0.0111. The lowest BCUT2D eigenvalue weighted by atomic mass is 9.93. The first-order chi connectivity index (χ1) is 13.2. The van der Waals surface area contributed by atoms with Gasteiger partial charge in [0.25, 0.3) is 0 Å². The molecule has 0 spiro atoms. The number of nitrogens with one attached hydrogen (secondary N) is 1. The van der Waals surface area contributed by atoms with Crippen LogP contribution in [0.5, 0.6) is 0 Å². The first kappa shape index (κ1) is 18.5. The molecule has 1 saturated carbocycles. The minimum atomic E-state index is -0.0111. The highest BCUT2D eigenvalue weighted by atomic mass is 16.2. The van der Waals surface area contributed by atoms with Gasteiger partial charge < -0.3 is 15.1 Å². The van der Waals surface area contributed by atoms with Crippen LogP contribution < -0.4 is 5.32 Å². The summed E-state index contributed by atoms with van der Waals surface area (Å²) < 4.78 is 1.73. The Labute approximate surface area is 161 Å². The molecule has 1 N–H and O–H groups in total. The van der Waals surface area contributed by atoms with E-state index in [1.54, 1.807) is 9.58 Å². The van der Waals surface area contributed by atoms with Crippen molar-refractivity contribution in [1.29, 1.82) is 0 Å². The predicted octanol–water partition coefficient (Wildman–Crippen LogP) is 1.35. The van der Waals surface area contributed by atoms with Crippen LogP contribution >= 0.6 is 0 Å². The molecule has 2 saturated heterocycles. The summed E-state index contributed by atoms with van der Waals surface area (Å²) in [5, 5.41) is 8.01. The Balaban J connectivity index is 1.30. The smallest absolute Gasteiger partial charge is 0.244 e. The lowest BCUT2D eigenvalue weighted by molar-refractivity contribution is -0.148. The molecule has 0 bridgehead atoms. The Kier molecular flexibility index (Phi) is 5.76. The van der Waals surface area contributed by atoms with Gasteiger partial charge in [0.1, 0.15) is 6.54 Å². The molecule has 1 aromatic rings. The Hall–Kier alpha value is -1.89. The van der Waals surface area contributed by atoms with Crippen LogP contribution in [0.4, 0.5) is 0 Å². The third kappa shape index (κ3) is 4.34. The highest BCUT2D eigenvalue weighted by molar-refractivity contribution is 5.86. The molecule has 148 valence electrons. The molecule has 3 heterocycles. The van der Waals surface area contributed by atoms with Crippen LogP contribution in [0, 0.1) is 0 Å². The standard InChI is InChI=1S/C20H31N5O2/c26-19(15-24-10-8-18(22-24)16-5-4-9-21-13-16)23-11-12-25(20(27)14-23)17-6-2-1-3-7-17/h8,10,16-17,21H,1-7,9,11-15H2/t16-/m0/s1. The second-order valence-electron chi connectivity index (χ2n) is 8.18. The molecule has 27 heavy (non-hydrogen) atoms. The van der Waals surface area contributed by atoms with Crippen molar-refractivity contribution in [1.82, 2.24) is 24.9 Å². The first-order valence-corrected chi connectivity index (χ1v) is 10.5. The molecule has 0 radical (unpaired) electrons. The molecule has 0 aromatic carbocycles. The van der Waals surface area contributed by atoms with Crippen LogP contribution in [-0.4, -0.2) is 70.2 Å². The van der Waals surface area contributed by atoms with Crippen LogP contribution in [0.1, 0.15) is 56.6 Å². The zero-order chi connectivity index (χ0) is 18.6. The number of hydrogen-bond donors (Lipinski definition) is 1. The van der Waals surface area contributed by atoms with E-state index in [0.717, 1.165) is 38.0 Å². The predicted molar refractivity (Wildman–Crippen MR) is 102 cm³/mol. The number of carbonyl (C=O) groups is 2. The maximum atomic E-state index is 12.7. The minimum Gasteiger partial charge on any atom is -0.336 e. The average Bonchev–Trinajstić information content (AvgIpc) is 3.18. The summed E-state index contributed by atoms with van der Waals surface area (Å²) in [5.41, 5.74) is 1.06.